The van der Waals surface area contributed by atoms with E-state index in [1.165, 1.54) is 23.3 Å². The van der Waals surface area contributed by atoms with E-state index in [1.54, 1.807) is 12.1 Å². The average molecular weight is 807 g/mol. The van der Waals surface area contributed by atoms with Crippen molar-refractivity contribution in [2.24, 2.45) is 0 Å². The Hall–Kier alpha value is -2.73. The minimum Gasteiger partial charge on any atom is -1.00 e. The van der Waals surface area contributed by atoms with Crippen molar-refractivity contribution in [3.63, 3.8) is 0 Å². The van der Waals surface area contributed by atoms with Gasteiger partial charge in [0.1, 0.15) is 0 Å². The molecule has 0 aliphatic heterocycles. The summed E-state index contributed by atoms with van der Waals surface area (Å²) in [4.78, 5) is 0. The number of benzene rings is 4. The largest absolute Gasteiger partial charge is 1.00 e. The number of fused-ring (bicyclic) bond motifs is 3. The molecule has 0 unspecified atom stereocenters. The summed E-state index contributed by atoms with van der Waals surface area (Å²) >= 11 is -3.63. The molecule has 0 atom stereocenters. The molecular weight excluding hydrogens is 769 g/mol. The topological polar surface area (TPSA) is 0 Å². The van der Waals surface area contributed by atoms with Crippen molar-refractivity contribution in [3.05, 3.63) is 145 Å². The summed E-state index contributed by atoms with van der Waals surface area (Å²) in [6.07, 6.45) is -1.87. The summed E-state index contributed by atoms with van der Waals surface area (Å²) in [7, 11) is 0. The van der Waals surface area contributed by atoms with E-state index >= 15 is 0 Å². The fourth-order valence-corrected chi connectivity index (χ4v) is 15.8. The number of hydrogen-bond acceptors (Lipinski definition) is 0. The average Bonchev–Trinajstić information content (AvgIpc) is 3.66. The van der Waals surface area contributed by atoms with Gasteiger partial charge in [-0.1, -0.05) is 0 Å². The van der Waals surface area contributed by atoms with Crippen LogP contribution in [0.5, 0.6) is 0 Å². The van der Waals surface area contributed by atoms with Crippen LogP contribution in [0.15, 0.2) is 100 Å². The molecule has 0 bridgehead atoms. The molecule has 4 aromatic rings. The van der Waals surface area contributed by atoms with Gasteiger partial charge in [0.25, 0.3) is 0 Å². The standard InChI is InChI=1S/C21H25.C15H8F6.C5H5.2ClH.Zr/c1-20(2,3)16-7-9-18-14(12-16)11-15-13-17(21(4,5)6)8-10-19(15)18;16-14(17,18)12-5-1-3-10(8-12)7-11-4-2-6-13(9-11)15(19,20)21;1-2-4-5-3-1;;;/h7-10,12H,11H2,1-6H3;1-6,8-9H;1-3H,4H2;2*1H;/q;;;;;+2/p-2. The molecule has 2 aliphatic rings. The molecule has 50 heavy (non-hydrogen) atoms. The van der Waals surface area contributed by atoms with Crippen LogP contribution < -0.4 is 28.1 Å². The summed E-state index contributed by atoms with van der Waals surface area (Å²) in [5, 5.41) is 0. The third-order valence-corrected chi connectivity index (χ3v) is 17.1. The smallest absolute Gasteiger partial charge is 1.00 e. The second-order valence-corrected chi connectivity index (χ2v) is 20.7. The van der Waals surface area contributed by atoms with E-state index in [1.807, 2.05) is 12.2 Å². The van der Waals surface area contributed by atoms with Gasteiger partial charge in [0.05, 0.1) is 0 Å². The first kappa shape index (κ1) is 40.0. The second kappa shape index (κ2) is 14.4. The van der Waals surface area contributed by atoms with Crippen molar-refractivity contribution in [2.75, 3.05) is 0 Å². The number of rotatable bonds is 4. The van der Waals surface area contributed by atoms with E-state index in [4.69, 9.17) is 0 Å². The molecule has 4 aromatic carbocycles. The van der Waals surface area contributed by atoms with Crippen molar-refractivity contribution in [2.45, 2.75) is 77.6 Å². The molecule has 0 saturated carbocycles. The summed E-state index contributed by atoms with van der Waals surface area (Å²) in [5.74, 6) is 0. The predicted octanol–water partition coefficient (Wildman–Crippen LogP) is 5.25. The zero-order chi connectivity index (χ0) is 34.8. The first-order valence-corrected chi connectivity index (χ1v) is 19.8. The van der Waals surface area contributed by atoms with Gasteiger partial charge in [-0.2, -0.15) is 0 Å². The zero-order valence-electron chi connectivity index (χ0n) is 28.7. The maximum absolute atomic E-state index is 14.2. The SMILES string of the molecule is CC(C)(C)c1ccc2c(c1)Cc1c-2ccc(C(C)(C)C)[c]1[Zr+2]([C]1=CC=CC1)=[C](c1cccc(C(F)(F)F)c1)c1cccc(C(F)(F)F)c1.[Cl-].[Cl-]. The number of allylic oxidation sites excluding steroid dienone is 4. The molecule has 0 radical (unpaired) electrons. The van der Waals surface area contributed by atoms with Gasteiger partial charge in [-0.25, -0.2) is 0 Å². The van der Waals surface area contributed by atoms with Gasteiger partial charge >= 0.3 is 288 Å². The van der Waals surface area contributed by atoms with E-state index in [0.29, 0.717) is 27.2 Å². The van der Waals surface area contributed by atoms with E-state index in [2.05, 4.69) is 78.0 Å². The van der Waals surface area contributed by atoms with E-state index in [0.717, 1.165) is 53.1 Å². The van der Waals surface area contributed by atoms with Crippen LogP contribution in [0, 0.1) is 0 Å². The monoisotopic (exact) mass is 804 g/mol. The molecule has 262 valence electrons. The molecule has 2 aliphatic carbocycles. The van der Waals surface area contributed by atoms with Gasteiger partial charge in [0.15, 0.2) is 0 Å². The van der Waals surface area contributed by atoms with Crippen molar-refractivity contribution in [1.82, 2.24) is 0 Å². The third kappa shape index (κ3) is 7.86. The van der Waals surface area contributed by atoms with Crippen LogP contribution in [0.25, 0.3) is 11.1 Å². The van der Waals surface area contributed by atoms with E-state index in [-0.39, 0.29) is 35.6 Å². The maximum atomic E-state index is 14.2. The molecule has 0 spiro atoms. The molecule has 0 saturated heterocycles. The summed E-state index contributed by atoms with van der Waals surface area (Å²) in [6, 6.07) is 21.2. The Morgan fingerprint density at radius 2 is 1.18 bits per heavy atom. The van der Waals surface area contributed by atoms with Crippen LogP contribution in [-0.4, -0.2) is 3.21 Å². The molecule has 0 amide bonds. The Labute approximate surface area is 310 Å². The zero-order valence-corrected chi connectivity index (χ0v) is 32.6. The van der Waals surface area contributed by atoms with Crippen molar-refractivity contribution in [1.29, 1.82) is 0 Å². The van der Waals surface area contributed by atoms with Gasteiger partial charge in [-0.15, -0.1) is 0 Å². The normalized spacial score (nSPS) is 13.8. The van der Waals surface area contributed by atoms with Gasteiger partial charge < -0.3 is 24.8 Å². The number of halogens is 8. The summed E-state index contributed by atoms with van der Waals surface area (Å²) in [5.41, 5.74) is 5.54. The fraction of sp³-hybridized carbons (Fsp3) is 0.293. The summed E-state index contributed by atoms with van der Waals surface area (Å²) in [6.45, 7) is 12.9. The number of hydrogen-bond donors (Lipinski definition) is 0. The van der Waals surface area contributed by atoms with E-state index in [9.17, 15) is 26.3 Å². The molecule has 6 rings (SSSR count). The van der Waals surface area contributed by atoms with Gasteiger partial charge in [-0.3, -0.25) is 0 Å². The molecule has 9 heteroatoms. The Bertz CT molecular complexity index is 1960. The van der Waals surface area contributed by atoms with Crippen molar-refractivity contribution in [3.8, 4) is 11.1 Å². The maximum Gasteiger partial charge on any atom is -1.00 e. The minimum atomic E-state index is -4.61. The van der Waals surface area contributed by atoms with Crippen molar-refractivity contribution < 1.29 is 72.4 Å². The first-order chi connectivity index (χ1) is 22.3. The second-order valence-electron chi connectivity index (χ2n) is 14.8. The number of alkyl halides is 6. The van der Waals surface area contributed by atoms with Crippen LogP contribution in [0.1, 0.15) is 92.5 Å². The Kier molecular flexibility index (Phi) is 11.5. The van der Waals surface area contributed by atoms with Gasteiger partial charge in [-0.05, 0) is 0 Å². The molecule has 0 fully saturated rings. The third-order valence-electron chi connectivity index (χ3n) is 9.30. The van der Waals surface area contributed by atoms with E-state index < -0.39 is 44.7 Å². The quantitative estimate of drug-likeness (QED) is 0.218. The van der Waals surface area contributed by atoms with Crippen LogP contribution in [0.3, 0.4) is 0 Å². The Balaban J connectivity index is 0.00000281. The van der Waals surface area contributed by atoms with Crippen LogP contribution in [0.4, 0.5) is 26.3 Å². The van der Waals surface area contributed by atoms with Crippen molar-refractivity contribution >= 4 is 6.48 Å². The summed E-state index contributed by atoms with van der Waals surface area (Å²) < 4.78 is 88.0. The van der Waals surface area contributed by atoms with Gasteiger partial charge in [0.2, 0.25) is 0 Å². The fourth-order valence-electron chi connectivity index (χ4n) is 6.89. The van der Waals surface area contributed by atoms with Gasteiger partial charge in [0, 0.05) is 0 Å². The first-order valence-electron chi connectivity index (χ1n) is 16.1. The molecule has 0 aromatic heterocycles. The predicted molar refractivity (Wildman–Crippen MR) is 180 cm³/mol. The van der Waals surface area contributed by atoms with Crippen LogP contribution in [0.2, 0.25) is 0 Å². The molecule has 0 nitrogen and oxygen atoms in total. The molecule has 0 N–H and O–H groups in total. The minimum absolute atomic E-state index is 0. The molecule has 0 heterocycles. The molecular formula is C41H38Cl2F6Zr. The Morgan fingerprint density at radius 1 is 0.620 bits per heavy atom. The Morgan fingerprint density at radius 3 is 1.66 bits per heavy atom. The van der Waals surface area contributed by atoms with Crippen LogP contribution >= 0.6 is 0 Å². The van der Waals surface area contributed by atoms with Crippen LogP contribution in [-0.2, 0) is 50.9 Å².